The van der Waals surface area contributed by atoms with Crippen molar-refractivity contribution in [2.45, 2.75) is 0 Å². The Morgan fingerprint density at radius 3 is 1.40 bits per heavy atom. The van der Waals surface area contributed by atoms with Crippen LogP contribution in [0.15, 0.2) is 185 Å². The second kappa shape index (κ2) is 10.7. The molecule has 0 fully saturated rings. The molecule has 0 radical (unpaired) electrons. The summed E-state index contributed by atoms with van der Waals surface area (Å²) in [5.74, 6) is 0. The summed E-state index contributed by atoms with van der Waals surface area (Å²) in [4.78, 5) is 0. The smallest absolute Gasteiger partial charge is 0.147 e. The molecular formula is C50H29NO2. The highest BCUT2D eigenvalue weighted by Crippen LogP contribution is 2.49. The zero-order valence-corrected chi connectivity index (χ0v) is 28.5. The lowest BCUT2D eigenvalue weighted by Crippen LogP contribution is -1.94. The Balaban J connectivity index is 1.15. The number of hydrogen-bond donors (Lipinski definition) is 0. The molecule has 0 atom stereocenters. The first-order chi connectivity index (χ1) is 26.3. The van der Waals surface area contributed by atoms with E-state index in [1.54, 1.807) is 0 Å². The predicted molar refractivity (Wildman–Crippen MR) is 221 cm³/mol. The molecule has 0 bridgehead atoms. The number of para-hydroxylation sites is 4. The Bertz CT molecular complexity index is 3340. The number of benzene rings is 9. The summed E-state index contributed by atoms with van der Waals surface area (Å²) in [6, 6.07) is 63.0. The SMILES string of the molecule is c1ccc2c(c1)oc1c2cc(-c2c3ccccc3c(-c3ccc(-n4c5ccccc5c5ccccc54)cc3)c3ccccc23)c2oc3ccccc3c21. The lowest BCUT2D eigenvalue weighted by Gasteiger charge is -2.18. The van der Waals surface area contributed by atoms with Crippen molar-refractivity contribution in [2.75, 3.05) is 0 Å². The van der Waals surface area contributed by atoms with Gasteiger partial charge in [-0.2, -0.15) is 0 Å². The van der Waals surface area contributed by atoms with Crippen LogP contribution in [-0.4, -0.2) is 4.57 Å². The Morgan fingerprint density at radius 1 is 0.340 bits per heavy atom. The second-order valence-corrected chi connectivity index (χ2v) is 14.0. The quantitative estimate of drug-likeness (QED) is 0.175. The van der Waals surface area contributed by atoms with Crippen molar-refractivity contribution in [1.29, 1.82) is 0 Å². The fourth-order valence-corrected chi connectivity index (χ4v) is 8.96. The third kappa shape index (κ3) is 3.94. The Morgan fingerprint density at radius 2 is 0.792 bits per heavy atom. The molecule has 3 heterocycles. The van der Waals surface area contributed by atoms with Gasteiger partial charge in [0, 0.05) is 43.7 Å². The molecule has 0 aliphatic rings. The van der Waals surface area contributed by atoms with Gasteiger partial charge in [-0.15, -0.1) is 0 Å². The highest BCUT2D eigenvalue weighted by atomic mass is 16.3. The summed E-state index contributed by atoms with van der Waals surface area (Å²) in [6.07, 6.45) is 0. The maximum atomic E-state index is 6.80. The van der Waals surface area contributed by atoms with Gasteiger partial charge in [0.15, 0.2) is 0 Å². The van der Waals surface area contributed by atoms with Crippen LogP contribution >= 0.6 is 0 Å². The van der Waals surface area contributed by atoms with E-state index in [1.807, 2.05) is 12.1 Å². The van der Waals surface area contributed by atoms with Gasteiger partial charge in [0.1, 0.15) is 22.3 Å². The molecule has 0 aliphatic carbocycles. The fraction of sp³-hybridized carbons (Fsp3) is 0. The van der Waals surface area contributed by atoms with Crippen LogP contribution in [0.5, 0.6) is 0 Å². The summed E-state index contributed by atoms with van der Waals surface area (Å²) in [6.45, 7) is 0. The van der Waals surface area contributed by atoms with Gasteiger partial charge in [-0.1, -0.05) is 133 Å². The summed E-state index contributed by atoms with van der Waals surface area (Å²) in [5.41, 5.74) is 11.6. The maximum Gasteiger partial charge on any atom is 0.147 e. The molecular weight excluding hydrogens is 647 g/mol. The minimum Gasteiger partial charge on any atom is -0.455 e. The van der Waals surface area contributed by atoms with E-state index in [9.17, 15) is 0 Å². The Hall–Kier alpha value is -7.10. The lowest BCUT2D eigenvalue weighted by molar-refractivity contribution is 0.663. The first-order valence-electron chi connectivity index (χ1n) is 18.1. The highest BCUT2D eigenvalue weighted by molar-refractivity contribution is 6.29. The van der Waals surface area contributed by atoms with Crippen molar-refractivity contribution in [3.63, 3.8) is 0 Å². The minimum absolute atomic E-state index is 0.844. The van der Waals surface area contributed by atoms with Crippen LogP contribution in [0.4, 0.5) is 0 Å². The number of hydrogen-bond acceptors (Lipinski definition) is 2. The van der Waals surface area contributed by atoms with Gasteiger partial charge in [0.2, 0.25) is 0 Å². The zero-order valence-electron chi connectivity index (χ0n) is 28.5. The molecule has 53 heavy (non-hydrogen) atoms. The highest BCUT2D eigenvalue weighted by Gasteiger charge is 2.24. The molecule has 0 N–H and O–H groups in total. The van der Waals surface area contributed by atoms with E-state index in [1.165, 1.54) is 54.5 Å². The van der Waals surface area contributed by atoms with E-state index in [0.29, 0.717) is 0 Å². The monoisotopic (exact) mass is 675 g/mol. The van der Waals surface area contributed by atoms with Gasteiger partial charge >= 0.3 is 0 Å². The standard InChI is InChI=1S/C50H29NO2/c1-3-18-37-35(16-1)46(30-25-27-31(28-26-30)51-42-21-9-5-13-32(42)33-14-6-10-22-43(33)51)36-17-2-4-19-38(36)47(37)41-29-40-34-15-7-11-23-44(34)52-49(40)48-39-20-8-12-24-45(39)53-50(41)48/h1-29H. The summed E-state index contributed by atoms with van der Waals surface area (Å²) in [5, 5.41) is 11.6. The first-order valence-corrected chi connectivity index (χ1v) is 18.1. The van der Waals surface area contributed by atoms with Crippen LogP contribution in [0.1, 0.15) is 0 Å². The number of nitrogens with zero attached hydrogens (tertiary/aromatic N) is 1. The first kappa shape index (κ1) is 28.6. The fourth-order valence-electron chi connectivity index (χ4n) is 8.96. The van der Waals surface area contributed by atoms with Crippen molar-refractivity contribution in [3.05, 3.63) is 176 Å². The molecule has 0 saturated heterocycles. The summed E-state index contributed by atoms with van der Waals surface area (Å²) in [7, 11) is 0. The van der Waals surface area contributed by atoms with Crippen molar-refractivity contribution in [3.8, 4) is 27.9 Å². The lowest BCUT2D eigenvalue weighted by atomic mass is 9.85. The average molecular weight is 676 g/mol. The third-order valence-electron chi connectivity index (χ3n) is 11.2. The molecule has 0 amide bonds. The van der Waals surface area contributed by atoms with Gasteiger partial charge in [-0.05, 0) is 75.1 Å². The number of rotatable bonds is 3. The van der Waals surface area contributed by atoms with Crippen LogP contribution in [0.25, 0.3) is 115 Å². The number of aromatic nitrogens is 1. The van der Waals surface area contributed by atoms with Crippen molar-refractivity contribution in [2.24, 2.45) is 0 Å². The molecule has 0 unspecified atom stereocenters. The summed E-state index contributed by atoms with van der Waals surface area (Å²) < 4.78 is 15.8. The Kier molecular flexibility index (Phi) is 5.77. The van der Waals surface area contributed by atoms with Gasteiger partial charge in [0.25, 0.3) is 0 Å². The Labute approximate surface area is 303 Å². The van der Waals surface area contributed by atoms with Crippen LogP contribution in [-0.2, 0) is 0 Å². The molecule has 3 heteroatoms. The van der Waals surface area contributed by atoms with Gasteiger partial charge < -0.3 is 13.4 Å². The van der Waals surface area contributed by atoms with Crippen molar-refractivity contribution in [1.82, 2.24) is 4.57 Å². The molecule has 0 aliphatic heterocycles. The summed E-state index contributed by atoms with van der Waals surface area (Å²) >= 11 is 0. The molecule has 9 aromatic carbocycles. The second-order valence-electron chi connectivity index (χ2n) is 14.0. The molecule has 12 aromatic rings. The van der Waals surface area contributed by atoms with E-state index in [0.717, 1.165) is 60.7 Å². The largest absolute Gasteiger partial charge is 0.455 e. The van der Waals surface area contributed by atoms with Crippen molar-refractivity contribution < 1.29 is 8.83 Å². The van der Waals surface area contributed by atoms with E-state index in [4.69, 9.17) is 8.83 Å². The van der Waals surface area contributed by atoms with Crippen LogP contribution < -0.4 is 0 Å². The normalized spacial score (nSPS) is 12.2. The third-order valence-corrected chi connectivity index (χ3v) is 11.2. The van der Waals surface area contributed by atoms with Crippen LogP contribution in [0.3, 0.4) is 0 Å². The average Bonchev–Trinajstić information content (AvgIpc) is 3.90. The molecule has 3 nitrogen and oxygen atoms in total. The molecule has 3 aromatic heterocycles. The van der Waals surface area contributed by atoms with E-state index < -0.39 is 0 Å². The van der Waals surface area contributed by atoms with Gasteiger partial charge in [-0.25, -0.2) is 0 Å². The van der Waals surface area contributed by atoms with E-state index >= 15 is 0 Å². The van der Waals surface area contributed by atoms with Crippen molar-refractivity contribution >= 4 is 87.2 Å². The molecule has 12 rings (SSSR count). The number of fused-ring (bicyclic) bond motifs is 12. The zero-order chi connectivity index (χ0) is 34.6. The molecule has 0 saturated carbocycles. The molecule has 246 valence electrons. The molecule has 0 spiro atoms. The van der Waals surface area contributed by atoms with Crippen LogP contribution in [0, 0.1) is 0 Å². The minimum atomic E-state index is 0.844. The van der Waals surface area contributed by atoms with Gasteiger partial charge in [-0.3, -0.25) is 0 Å². The number of furan rings is 2. The predicted octanol–water partition coefficient (Wildman–Crippen LogP) is 14.2. The van der Waals surface area contributed by atoms with Gasteiger partial charge in [0.05, 0.1) is 16.4 Å². The topological polar surface area (TPSA) is 31.2 Å². The van der Waals surface area contributed by atoms with E-state index in [-0.39, 0.29) is 0 Å². The maximum absolute atomic E-state index is 6.80. The van der Waals surface area contributed by atoms with Crippen LogP contribution in [0.2, 0.25) is 0 Å². The van der Waals surface area contributed by atoms with E-state index in [2.05, 4.69) is 168 Å².